The molecule has 0 aliphatic heterocycles. The Balaban J connectivity index is 2.25. The van der Waals surface area contributed by atoms with E-state index >= 15 is 0 Å². The van der Waals surface area contributed by atoms with Crippen molar-refractivity contribution in [2.24, 2.45) is 0 Å². The van der Waals surface area contributed by atoms with Crippen molar-refractivity contribution in [1.82, 2.24) is 9.71 Å². The van der Waals surface area contributed by atoms with E-state index in [4.69, 9.17) is 0 Å². The highest BCUT2D eigenvalue weighted by Crippen LogP contribution is 2.22. The van der Waals surface area contributed by atoms with Gasteiger partial charge in [-0.25, -0.2) is 22.5 Å². The molecule has 0 saturated carbocycles. The summed E-state index contributed by atoms with van der Waals surface area (Å²) in [6.45, 7) is 1.69. The fraction of sp³-hybridized carbons (Fsp3) is 0.182. The van der Waals surface area contributed by atoms with E-state index in [1.54, 1.807) is 18.5 Å². The van der Waals surface area contributed by atoms with Crippen LogP contribution in [-0.4, -0.2) is 13.4 Å². The van der Waals surface area contributed by atoms with Crippen LogP contribution in [-0.2, 0) is 10.0 Å². The molecule has 8 heteroatoms. The van der Waals surface area contributed by atoms with Crippen LogP contribution in [0.5, 0.6) is 0 Å². The number of aromatic nitrogens is 1. The van der Waals surface area contributed by atoms with Crippen molar-refractivity contribution in [2.75, 3.05) is 0 Å². The minimum absolute atomic E-state index is 0.114. The number of hydrogen-bond acceptors (Lipinski definition) is 4. The second kappa shape index (κ2) is 5.66. The largest absolute Gasteiger partial charge is 0.248 e. The van der Waals surface area contributed by atoms with Gasteiger partial charge in [-0.3, -0.25) is 0 Å². The standard InChI is InChI=1S/C11H10BrFN2O2S2/c1-7(11-14-4-5-18-11)15-19(16,17)8-2-3-9(12)10(13)6-8/h2-7,15H,1H3. The first-order valence-corrected chi connectivity index (χ1v) is 8.42. The van der Waals surface area contributed by atoms with Crippen LogP contribution in [0, 0.1) is 5.82 Å². The maximum atomic E-state index is 13.4. The predicted octanol–water partition coefficient (Wildman–Crippen LogP) is 3.08. The molecule has 102 valence electrons. The first-order chi connectivity index (χ1) is 8.90. The Morgan fingerprint density at radius 2 is 2.21 bits per heavy atom. The van der Waals surface area contributed by atoms with Gasteiger partial charge in [0.05, 0.1) is 15.4 Å². The van der Waals surface area contributed by atoms with Crippen molar-refractivity contribution >= 4 is 37.3 Å². The van der Waals surface area contributed by atoms with E-state index in [0.29, 0.717) is 5.01 Å². The summed E-state index contributed by atoms with van der Waals surface area (Å²) in [5, 5.41) is 2.42. The van der Waals surface area contributed by atoms with Crippen molar-refractivity contribution in [1.29, 1.82) is 0 Å². The van der Waals surface area contributed by atoms with Crippen molar-refractivity contribution < 1.29 is 12.8 Å². The van der Waals surface area contributed by atoms with E-state index in [-0.39, 0.29) is 9.37 Å². The van der Waals surface area contributed by atoms with Gasteiger partial charge >= 0.3 is 0 Å². The number of sulfonamides is 1. The molecule has 4 nitrogen and oxygen atoms in total. The topological polar surface area (TPSA) is 59.1 Å². The van der Waals surface area contributed by atoms with Crippen LogP contribution < -0.4 is 4.72 Å². The molecule has 1 heterocycles. The van der Waals surface area contributed by atoms with Crippen LogP contribution in [0.1, 0.15) is 18.0 Å². The Labute approximate surface area is 122 Å². The normalized spacial score (nSPS) is 13.4. The van der Waals surface area contributed by atoms with Gasteiger partial charge in [-0.1, -0.05) is 0 Å². The zero-order valence-electron chi connectivity index (χ0n) is 9.80. The molecule has 0 radical (unpaired) electrons. The molecule has 1 aromatic carbocycles. The summed E-state index contributed by atoms with van der Waals surface area (Å²) >= 11 is 4.33. The number of nitrogens with one attached hydrogen (secondary N) is 1. The quantitative estimate of drug-likeness (QED) is 0.906. The molecule has 1 N–H and O–H groups in total. The SMILES string of the molecule is CC(NS(=O)(=O)c1ccc(Br)c(F)c1)c1nccs1. The van der Waals surface area contributed by atoms with Crippen LogP contribution >= 0.6 is 27.3 Å². The summed E-state index contributed by atoms with van der Waals surface area (Å²) in [5.74, 6) is -0.621. The zero-order chi connectivity index (χ0) is 14.0. The Morgan fingerprint density at radius 1 is 1.47 bits per heavy atom. The number of nitrogens with zero attached hydrogens (tertiary/aromatic N) is 1. The van der Waals surface area contributed by atoms with E-state index in [1.807, 2.05) is 0 Å². The highest BCUT2D eigenvalue weighted by atomic mass is 79.9. The van der Waals surface area contributed by atoms with Crippen LogP contribution in [0.25, 0.3) is 0 Å². The number of halogens is 2. The second-order valence-corrected chi connectivity index (χ2v) is 7.28. The molecular weight excluding hydrogens is 355 g/mol. The average Bonchev–Trinajstić information content (AvgIpc) is 2.85. The van der Waals surface area contributed by atoms with Gasteiger partial charge < -0.3 is 0 Å². The van der Waals surface area contributed by atoms with Gasteiger partial charge in [0.2, 0.25) is 10.0 Å². The molecule has 19 heavy (non-hydrogen) atoms. The van der Waals surface area contributed by atoms with E-state index in [9.17, 15) is 12.8 Å². The smallest absolute Gasteiger partial charge is 0.241 e. The first kappa shape index (κ1) is 14.6. The molecule has 0 bridgehead atoms. The number of thiazole rings is 1. The third-order valence-electron chi connectivity index (χ3n) is 2.36. The monoisotopic (exact) mass is 364 g/mol. The second-order valence-electron chi connectivity index (χ2n) is 3.79. The lowest BCUT2D eigenvalue weighted by atomic mass is 10.3. The van der Waals surface area contributed by atoms with Crippen LogP contribution in [0.3, 0.4) is 0 Å². The molecule has 1 unspecified atom stereocenters. The summed E-state index contributed by atoms with van der Waals surface area (Å²) in [7, 11) is -3.77. The zero-order valence-corrected chi connectivity index (χ0v) is 13.0. The minimum Gasteiger partial charge on any atom is -0.248 e. The van der Waals surface area contributed by atoms with Crippen molar-refractivity contribution in [3.8, 4) is 0 Å². The molecular formula is C11H10BrFN2O2S2. The molecule has 2 rings (SSSR count). The van der Waals surface area contributed by atoms with E-state index in [0.717, 1.165) is 6.07 Å². The Hall–Kier alpha value is -0.830. The highest BCUT2D eigenvalue weighted by Gasteiger charge is 2.20. The summed E-state index contributed by atoms with van der Waals surface area (Å²) in [5.41, 5.74) is 0. The van der Waals surface area contributed by atoms with E-state index in [1.165, 1.54) is 23.5 Å². The van der Waals surface area contributed by atoms with E-state index < -0.39 is 21.9 Å². The maximum absolute atomic E-state index is 13.4. The fourth-order valence-corrected chi connectivity index (χ4v) is 3.63. The van der Waals surface area contributed by atoms with Gasteiger partial charge in [0.15, 0.2) is 0 Å². The van der Waals surface area contributed by atoms with Crippen LogP contribution in [0.15, 0.2) is 39.1 Å². The van der Waals surface area contributed by atoms with Gasteiger partial charge in [-0.2, -0.15) is 0 Å². The van der Waals surface area contributed by atoms with Gasteiger partial charge in [-0.15, -0.1) is 11.3 Å². The lowest BCUT2D eigenvalue weighted by molar-refractivity contribution is 0.563. The van der Waals surface area contributed by atoms with E-state index in [2.05, 4.69) is 25.6 Å². The third kappa shape index (κ3) is 3.38. The van der Waals surface area contributed by atoms with Crippen molar-refractivity contribution in [3.63, 3.8) is 0 Å². The maximum Gasteiger partial charge on any atom is 0.241 e. The highest BCUT2D eigenvalue weighted by molar-refractivity contribution is 9.10. The molecule has 0 saturated heterocycles. The lowest BCUT2D eigenvalue weighted by Crippen LogP contribution is -2.26. The minimum atomic E-state index is -3.77. The summed E-state index contributed by atoms with van der Waals surface area (Å²) in [6, 6.07) is 3.21. The number of hydrogen-bond donors (Lipinski definition) is 1. The molecule has 0 fully saturated rings. The molecule has 0 aliphatic carbocycles. The first-order valence-electron chi connectivity index (χ1n) is 5.27. The molecule has 0 aliphatic rings. The van der Waals surface area contributed by atoms with Gasteiger partial charge in [0.1, 0.15) is 10.8 Å². The lowest BCUT2D eigenvalue weighted by Gasteiger charge is -2.12. The van der Waals surface area contributed by atoms with Crippen molar-refractivity contribution in [3.05, 3.63) is 45.1 Å². The molecule has 0 spiro atoms. The predicted molar refractivity (Wildman–Crippen MR) is 75.0 cm³/mol. The van der Waals surface area contributed by atoms with Crippen molar-refractivity contribution in [2.45, 2.75) is 17.9 Å². The number of benzene rings is 1. The van der Waals surface area contributed by atoms with Gasteiger partial charge in [-0.05, 0) is 41.1 Å². The average molecular weight is 365 g/mol. The Morgan fingerprint density at radius 3 is 2.79 bits per heavy atom. The molecule has 2 aromatic rings. The fourth-order valence-electron chi connectivity index (χ4n) is 1.44. The summed E-state index contributed by atoms with van der Waals surface area (Å²) in [4.78, 5) is 3.92. The van der Waals surface area contributed by atoms with Gasteiger partial charge in [0, 0.05) is 11.6 Å². The molecule has 1 aromatic heterocycles. The van der Waals surface area contributed by atoms with Crippen LogP contribution in [0.2, 0.25) is 0 Å². The molecule has 0 amide bonds. The Kier molecular flexibility index (Phi) is 4.34. The summed E-state index contributed by atoms with van der Waals surface area (Å²) < 4.78 is 40.2. The van der Waals surface area contributed by atoms with Crippen LogP contribution in [0.4, 0.5) is 4.39 Å². The third-order valence-corrected chi connectivity index (χ3v) is 5.49. The number of rotatable bonds is 4. The molecule has 1 atom stereocenters. The summed E-state index contributed by atoms with van der Waals surface area (Å²) in [6.07, 6.45) is 1.60. The van der Waals surface area contributed by atoms with Gasteiger partial charge in [0.25, 0.3) is 0 Å². The Bertz CT molecular complexity index is 674.